The first-order chi connectivity index (χ1) is 7.61. The third-order valence-corrected chi connectivity index (χ3v) is 1.97. The smallest absolute Gasteiger partial charge is 0.218 e. The van der Waals surface area contributed by atoms with Gasteiger partial charge in [0, 0.05) is 19.2 Å². The Hall–Kier alpha value is -1.36. The Labute approximate surface area is 96.8 Å². The van der Waals surface area contributed by atoms with Gasteiger partial charge in [0.1, 0.15) is 11.6 Å². The summed E-state index contributed by atoms with van der Waals surface area (Å²) in [6.45, 7) is 6.24. The van der Waals surface area contributed by atoms with Gasteiger partial charge in [0.2, 0.25) is 5.88 Å². The monoisotopic (exact) mass is 224 g/mol. The van der Waals surface area contributed by atoms with Gasteiger partial charge < -0.3 is 15.0 Å². The van der Waals surface area contributed by atoms with E-state index < -0.39 is 0 Å². The zero-order valence-electron chi connectivity index (χ0n) is 10.4. The number of hydrogen-bond donors (Lipinski definition) is 1. The fourth-order valence-electron chi connectivity index (χ4n) is 1.26. The van der Waals surface area contributed by atoms with Crippen LogP contribution in [0.25, 0.3) is 0 Å². The normalized spacial score (nSPS) is 10.6. The van der Waals surface area contributed by atoms with E-state index in [0.29, 0.717) is 12.5 Å². The molecule has 0 aromatic carbocycles. The van der Waals surface area contributed by atoms with E-state index in [1.165, 1.54) is 0 Å². The average Bonchev–Trinajstić information content (AvgIpc) is 2.16. The van der Waals surface area contributed by atoms with Gasteiger partial charge >= 0.3 is 0 Å². The van der Waals surface area contributed by atoms with Gasteiger partial charge in [0.05, 0.1) is 6.61 Å². The molecule has 0 aliphatic rings. The van der Waals surface area contributed by atoms with E-state index in [0.717, 1.165) is 24.7 Å². The Bertz CT molecular complexity index is 328. The number of nitrogens with one attached hydrogen (secondary N) is 1. The minimum atomic E-state index is 0.619. The molecule has 5 heteroatoms. The fraction of sp³-hybridized carbons (Fsp3) is 0.636. The first-order valence-corrected chi connectivity index (χ1v) is 5.49. The van der Waals surface area contributed by atoms with Crippen molar-refractivity contribution in [3.63, 3.8) is 0 Å². The summed E-state index contributed by atoms with van der Waals surface area (Å²) in [5, 5.41) is 3.24. The van der Waals surface area contributed by atoms with Crippen molar-refractivity contribution in [2.75, 3.05) is 39.1 Å². The van der Waals surface area contributed by atoms with E-state index in [4.69, 9.17) is 4.74 Å². The van der Waals surface area contributed by atoms with Crippen LogP contribution in [0.1, 0.15) is 12.7 Å². The first kappa shape index (κ1) is 12.7. The molecule has 16 heavy (non-hydrogen) atoms. The van der Waals surface area contributed by atoms with Crippen molar-refractivity contribution in [3.8, 4) is 5.88 Å². The zero-order valence-corrected chi connectivity index (χ0v) is 10.4. The molecule has 5 nitrogen and oxygen atoms in total. The zero-order chi connectivity index (χ0) is 12.0. The number of nitrogens with zero attached hydrogens (tertiary/aromatic N) is 3. The van der Waals surface area contributed by atoms with Crippen LogP contribution in [-0.4, -0.2) is 48.7 Å². The van der Waals surface area contributed by atoms with Crippen molar-refractivity contribution < 1.29 is 4.74 Å². The highest BCUT2D eigenvalue weighted by molar-refractivity contribution is 5.38. The molecule has 0 spiro atoms. The minimum Gasteiger partial charge on any atom is -0.478 e. The topological polar surface area (TPSA) is 50.3 Å². The molecule has 0 unspecified atom stereocenters. The maximum Gasteiger partial charge on any atom is 0.218 e. The lowest BCUT2D eigenvalue weighted by Crippen LogP contribution is -2.21. The van der Waals surface area contributed by atoms with Crippen LogP contribution in [-0.2, 0) is 0 Å². The number of aromatic nitrogens is 2. The van der Waals surface area contributed by atoms with Gasteiger partial charge in [-0.3, -0.25) is 0 Å². The highest BCUT2D eigenvalue weighted by atomic mass is 16.5. The predicted octanol–water partition coefficient (Wildman–Crippen LogP) is 1.16. The Balaban J connectivity index is 2.58. The predicted molar refractivity (Wildman–Crippen MR) is 65.0 cm³/mol. The number of anilines is 1. The van der Waals surface area contributed by atoms with Gasteiger partial charge in [0.15, 0.2) is 0 Å². The lowest BCUT2D eigenvalue weighted by atomic mass is 10.5. The van der Waals surface area contributed by atoms with Crippen molar-refractivity contribution >= 4 is 5.82 Å². The third-order valence-electron chi connectivity index (χ3n) is 1.97. The molecular formula is C11H20N4O. The quantitative estimate of drug-likeness (QED) is 0.785. The van der Waals surface area contributed by atoms with Crippen LogP contribution in [0.15, 0.2) is 6.07 Å². The number of hydrogen-bond acceptors (Lipinski definition) is 5. The second-order valence-electron chi connectivity index (χ2n) is 3.80. The van der Waals surface area contributed by atoms with E-state index in [9.17, 15) is 0 Å². The molecule has 0 radical (unpaired) electrons. The Morgan fingerprint density at radius 3 is 2.75 bits per heavy atom. The van der Waals surface area contributed by atoms with Gasteiger partial charge in [-0.15, -0.1) is 0 Å². The lowest BCUT2D eigenvalue weighted by molar-refractivity contribution is 0.325. The summed E-state index contributed by atoms with van der Waals surface area (Å²) in [4.78, 5) is 10.6. The van der Waals surface area contributed by atoms with Gasteiger partial charge in [0.25, 0.3) is 0 Å². The lowest BCUT2D eigenvalue weighted by Gasteiger charge is -2.11. The van der Waals surface area contributed by atoms with Crippen molar-refractivity contribution in [1.82, 2.24) is 14.9 Å². The van der Waals surface area contributed by atoms with Gasteiger partial charge in [-0.05, 0) is 27.9 Å². The summed E-state index contributed by atoms with van der Waals surface area (Å²) in [5.41, 5.74) is 0. The van der Waals surface area contributed by atoms with E-state index in [2.05, 4.69) is 20.2 Å². The maximum absolute atomic E-state index is 5.35. The number of aryl methyl sites for hydroxylation is 1. The summed E-state index contributed by atoms with van der Waals surface area (Å²) in [7, 11) is 4.08. The molecule has 0 fully saturated rings. The van der Waals surface area contributed by atoms with Gasteiger partial charge in [-0.25, -0.2) is 4.98 Å². The molecule has 90 valence electrons. The van der Waals surface area contributed by atoms with E-state index in [1.807, 2.05) is 34.0 Å². The molecule has 0 amide bonds. The SMILES string of the molecule is CCOc1cc(NCCN(C)C)nc(C)n1. The summed E-state index contributed by atoms with van der Waals surface area (Å²) in [6, 6.07) is 1.83. The number of ether oxygens (including phenoxy) is 1. The van der Waals surface area contributed by atoms with Crippen LogP contribution >= 0.6 is 0 Å². The van der Waals surface area contributed by atoms with Crippen molar-refractivity contribution in [3.05, 3.63) is 11.9 Å². The van der Waals surface area contributed by atoms with Gasteiger partial charge in [-0.2, -0.15) is 4.98 Å². The molecule has 1 heterocycles. The molecule has 1 aromatic rings. The van der Waals surface area contributed by atoms with Crippen LogP contribution < -0.4 is 10.1 Å². The second-order valence-corrected chi connectivity index (χ2v) is 3.80. The van der Waals surface area contributed by atoms with Crippen LogP contribution in [0.2, 0.25) is 0 Å². The van der Waals surface area contributed by atoms with Crippen LogP contribution in [0, 0.1) is 6.92 Å². The molecule has 0 aliphatic carbocycles. The Kier molecular flexibility index (Phi) is 4.98. The van der Waals surface area contributed by atoms with Crippen molar-refractivity contribution in [1.29, 1.82) is 0 Å². The minimum absolute atomic E-state index is 0.619. The molecule has 1 aromatic heterocycles. The van der Waals surface area contributed by atoms with Crippen LogP contribution in [0.5, 0.6) is 5.88 Å². The van der Waals surface area contributed by atoms with E-state index in [-0.39, 0.29) is 0 Å². The molecule has 0 saturated carbocycles. The molecular weight excluding hydrogens is 204 g/mol. The number of likely N-dealkylation sites (N-methyl/N-ethyl adjacent to an activating group) is 1. The first-order valence-electron chi connectivity index (χ1n) is 5.49. The molecule has 0 saturated heterocycles. The van der Waals surface area contributed by atoms with Crippen molar-refractivity contribution in [2.45, 2.75) is 13.8 Å². The maximum atomic E-state index is 5.35. The summed E-state index contributed by atoms with van der Waals surface area (Å²) in [5.74, 6) is 2.17. The number of rotatable bonds is 6. The van der Waals surface area contributed by atoms with Crippen molar-refractivity contribution in [2.24, 2.45) is 0 Å². The van der Waals surface area contributed by atoms with Gasteiger partial charge in [-0.1, -0.05) is 0 Å². The van der Waals surface area contributed by atoms with Crippen LogP contribution in [0.3, 0.4) is 0 Å². The largest absolute Gasteiger partial charge is 0.478 e. The second kappa shape index (κ2) is 6.27. The highest BCUT2D eigenvalue weighted by Crippen LogP contribution is 2.12. The Morgan fingerprint density at radius 2 is 2.12 bits per heavy atom. The molecule has 1 N–H and O–H groups in total. The molecule has 0 bridgehead atoms. The standard InChI is InChI=1S/C11H20N4O/c1-5-16-11-8-10(13-9(2)14-11)12-6-7-15(3)4/h8H,5-7H2,1-4H3,(H,12,13,14). The highest BCUT2D eigenvalue weighted by Gasteiger charge is 2.01. The van der Waals surface area contributed by atoms with E-state index >= 15 is 0 Å². The average molecular weight is 224 g/mol. The van der Waals surface area contributed by atoms with Crippen LogP contribution in [0.4, 0.5) is 5.82 Å². The summed E-state index contributed by atoms with van der Waals surface area (Å²) < 4.78 is 5.35. The summed E-state index contributed by atoms with van der Waals surface area (Å²) >= 11 is 0. The fourth-order valence-corrected chi connectivity index (χ4v) is 1.26. The molecule has 1 rings (SSSR count). The van der Waals surface area contributed by atoms with E-state index in [1.54, 1.807) is 0 Å². The summed E-state index contributed by atoms with van der Waals surface area (Å²) in [6.07, 6.45) is 0. The molecule has 0 aliphatic heterocycles. The Morgan fingerprint density at radius 1 is 1.38 bits per heavy atom. The molecule has 0 atom stereocenters. The third kappa shape index (κ3) is 4.44.